The van der Waals surface area contributed by atoms with Crippen LogP contribution in [0.15, 0.2) is 0 Å². The fourth-order valence-corrected chi connectivity index (χ4v) is 3.58. The fourth-order valence-electron chi connectivity index (χ4n) is 3.58. The second-order valence-electron chi connectivity index (χ2n) is 6.47. The quantitative estimate of drug-likeness (QED) is 0.777. The molecule has 0 aromatic rings. The van der Waals surface area contributed by atoms with E-state index in [0.29, 0.717) is 18.6 Å². The van der Waals surface area contributed by atoms with Gasteiger partial charge >= 0.3 is 5.97 Å². The molecule has 110 valence electrons. The first kappa shape index (κ1) is 14.8. The Kier molecular flexibility index (Phi) is 5.68. The molecule has 0 spiro atoms. The molecule has 2 aliphatic rings. The third-order valence-electron chi connectivity index (χ3n) is 4.73. The van der Waals surface area contributed by atoms with Gasteiger partial charge in [0, 0.05) is 6.04 Å². The molecule has 2 fully saturated rings. The number of rotatable bonds is 5. The fraction of sp³-hybridized carbons (Fsp3) is 0.938. The van der Waals surface area contributed by atoms with E-state index in [1.54, 1.807) is 0 Å². The molecule has 0 radical (unpaired) electrons. The van der Waals surface area contributed by atoms with Gasteiger partial charge in [-0.1, -0.05) is 33.1 Å². The number of piperidine rings is 1. The van der Waals surface area contributed by atoms with Crippen molar-refractivity contribution in [2.45, 2.75) is 77.3 Å². The molecule has 1 saturated heterocycles. The second kappa shape index (κ2) is 7.28. The molecule has 3 heteroatoms. The van der Waals surface area contributed by atoms with Crippen LogP contribution in [0.5, 0.6) is 0 Å². The number of carbonyl (C=O) groups is 1. The molecule has 1 N–H and O–H groups in total. The smallest absolute Gasteiger partial charge is 0.323 e. The van der Waals surface area contributed by atoms with Gasteiger partial charge in [0.25, 0.3) is 0 Å². The summed E-state index contributed by atoms with van der Waals surface area (Å²) in [4.78, 5) is 12.1. The monoisotopic (exact) mass is 267 g/mol. The maximum atomic E-state index is 12.1. The minimum Gasteiger partial charge on any atom is -0.464 e. The molecular weight excluding hydrogens is 238 g/mol. The van der Waals surface area contributed by atoms with Gasteiger partial charge in [-0.15, -0.1) is 0 Å². The van der Waals surface area contributed by atoms with Crippen molar-refractivity contribution in [3.8, 4) is 0 Å². The highest BCUT2D eigenvalue weighted by molar-refractivity contribution is 5.76. The van der Waals surface area contributed by atoms with Crippen LogP contribution in [0.4, 0.5) is 0 Å². The Balaban J connectivity index is 1.74. The Labute approximate surface area is 117 Å². The van der Waals surface area contributed by atoms with Crippen LogP contribution in [-0.4, -0.2) is 24.7 Å². The van der Waals surface area contributed by atoms with E-state index in [2.05, 4.69) is 19.2 Å². The highest BCUT2D eigenvalue weighted by Gasteiger charge is 2.35. The summed E-state index contributed by atoms with van der Waals surface area (Å²) in [5.74, 6) is 1.27. The predicted molar refractivity (Wildman–Crippen MR) is 76.9 cm³/mol. The van der Waals surface area contributed by atoms with Gasteiger partial charge in [-0.05, 0) is 43.9 Å². The summed E-state index contributed by atoms with van der Waals surface area (Å²) < 4.78 is 5.47. The first-order chi connectivity index (χ1) is 9.20. The van der Waals surface area contributed by atoms with E-state index >= 15 is 0 Å². The third-order valence-corrected chi connectivity index (χ3v) is 4.73. The lowest BCUT2D eigenvalue weighted by atomic mass is 9.78. The molecule has 3 nitrogen and oxygen atoms in total. The highest BCUT2D eigenvalue weighted by Crippen LogP contribution is 2.32. The van der Waals surface area contributed by atoms with Crippen molar-refractivity contribution in [1.29, 1.82) is 0 Å². The zero-order valence-electron chi connectivity index (χ0n) is 12.5. The molecule has 0 amide bonds. The minimum atomic E-state index is -0.0480. The Hall–Kier alpha value is -0.570. The van der Waals surface area contributed by atoms with Crippen molar-refractivity contribution < 1.29 is 9.53 Å². The Morgan fingerprint density at radius 3 is 2.84 bits per heavy atom. The van der Waals surface area contributed by atoms with E-state index < -0.39 is 0 Å². The first-order valence-corrected chi connectivity index (χ1v) is 8.13. The molecule has 0 aromatic heterocycles. The summed E-state index contributed by atoms with van der Waals surface area (Å²) in [5, 5.41) is 3.54. The molecule has 4 unspecified atom stereocenters. The third kappa shape index (κ3) is 4.20. The summed E-state index contributed by atoms with van der Waals surface area (Å²) in [6, 6.07) is 0.515. The zero-order valence-corrected chi connectivity index (χ0v) is 12.5. The molecule has 1 heterocycles. The molecular formula is C16H29NO2. The first-order valence-electron chi connectivity index (χ1n) is 8.13. The lowest BCUT2D eigenvalue weighted by Gasteiger charge is -2.39. The van der Waals surface area contributed by atoms with E-state index in [0.717, 1.165) is 25.2 Å². The van der Waals surface area contributed by atoms with Gasteiger partial charge in [-0.2, -0.15) is 0 Å². The van der Waals surface area contributed by atoms with Gasteiger partial charge in [0.05, 0.1) is 6.61 Å². The lowest BCUT2D eigenvalue weighted by molar-refractivity contribution is -0.149. The Morgan fingerprint density at radius 2 is 2.05 bits per heavy atom. The molecule has 0 bridgehead atoms. The molecule has 1 aliphatic heterocycles. The molecule has 1 saturated carbocycles. The maximum absolute atomic E-state index is 12.1. The molecule has 0 aromatic carbocycles. The number of carbonyl (C=O) groups excluding carboxylic acids is 1. The van der Waals surface area contributed by atoms with Crippen molar-refractivity contribution in [2.75, 3.05) is 6.61 Å². The van der Waals surface area contributed by atoms with Crippen LogP contribution in [0.3, 0.4) is 0 Å². The maximum Gasteiger partial charge on any atom is 0.323 e. The molecule has 19 heavy (non-hydrogen) atoms. The summed E-state index contributed by atoms with van der Waals surface area (Å²) in [7, 11) is 0. The summed E-state index contributed by atoms with van der Waals surface area (Å²) in [6.07, 6.45) is 9.70. The Morgan fingerprint density at radius 1 is 1.26 bits per heavy atom. The second-order valence-corrected chi connectivity index (χ2v) is 6.47. The van der Waals surface area contributed by atoms with Crippen LogP contribution in [0, 0.1) is 11.8 Å². The average molecular weight is 267 g/mol. The minimum absolute atomic E-state index is 0.0213. The van der Waals surface area contributed by atoms with Crippen molar-refractivity contribution >= 4 is 5.97 Å². The van der Waals surface area contributed by atoms with Crippen molar-refractivity contribution in [3.05, 3.63) is 0 Å². The largest absolute Gasteiger partial charge is 0.464 e. The molecule has 4 atom stereocenters. The molecule has 1 aliphatic carbocycles. The van der Waals surface area contributed by atoms with Gasteiger partial charge in [0.15, 0.2) is 0 Å². The van der Waals surface area contributed by atoms with Crippen LogP contribution < -0.4 is 5.32 Å². The van der Waals surface area contributed by atoms with Crippen LogP contribution in [0.25, 0.3) is 0 Å². The van der Waals surface area contributed by atoms with Crippen LogP contribution >= 0.6 is 0 Å². The van der Waals surface area contributed by atoms with E-state index in [1.165, 1.54) is 32.1 Å². The van der Waals surface area contributed by atoms with Gasteiger partial charge in [-0.25, -0.2) is 0 Å². The lowest BCUT2D eigenvalue weighted by Crippen LogP contribution is -2.52. The summed E-state index contributed by atoms with van der Waals surface area (Å²) in [6.45, 7) is 4.91. The van der Waals surface area contributed by atoms with Crippen LogP contribution in [-0.2, 0) is 9.53 Å². The van der Waals surface area contributed by atoms with Gasteiger partial charge in [-0.3, -0.25) is 4.79 Å². The summed E-state index contributed by atoms with van der Waals surface area (Å²) in [5.41, 5.74) is 0. The van der Waals surface area contributed by atoms with Gasteiger partial charge in [0.1, 0.15) is 6.04 Å². The van der Waals surface area contributed by atoms with Crippen molar-refractivity contribution in [1.82, 2.24) is 5.32 Å². The zero-order chi connectivity index (χ0) is 13.7. The SMILES string of the molecule is CCCC(C)COC(=O)C1CCC2CCCCC2N1. The van der Waals surface area contributed by atoms with Gasteiger partial charge < -0.3 is 10.1 Å². The number of hydrogen-bond donors (Lipinski definition) is 1. The summed E-state index contributed by atoms with van der Waals surface area (Å²) >= 11 is 0. The number of ether oxygens (including phenoxy) is 1. The van der Waals surface area contributed by atoms with Crippen molar-refractivity contribution in [2.24, 2.45) is 11.8 Å². The standard InChI is InChI=1S/C16H29NO2/c1-3-6-12(2)11-19-16(18)15-10-9-13-7-4-5-8-14(13)17-15/h12-15,17H,3-11H2,1-2H3. The highest BCUT2D eigenvalue weighted by atomic mass is 16.5. The Bertz CT molecular complexity index is 292. The molecule has 2 rings (SSSR count). The van der Waals surface area contributed by atoms with Gasteiger partial charge in [0.2, 0.25) is 0 Å². The average Bonchev–Trinajstić information content (AvgIpc) is 2.44. The van der Waals surface area contributed by atoms with Crippen LogP contribution in [0.2, 0.25) is 0 Å². The number of fused-ring (bicyclic) bond motifs is 1. The van der Waals surface area contributed by atoms with E-state index in [4.69, 9.17) is 4.74 Å². The van der Waals surface area contributed by atoms with Crippen molar-refractivity contribution in [3.63, 3.8) is 0 Å². The topological polar surface area (TPSA) is 38.3 Å². The predicted octanol–water partition coefficient (Wildman–Crippen LogP) is 3.28. The van der Waals surface area contributed by atoms with E-state index in [9.17, 15) is 4.79 Å². The normalized spacial score (nSPS) is 32.4. The van der Waals surface area contributed by atoms with Crippen LogP contribution in [0.1, 0.15) is 65.2 Å². The number of hydrogen-bond acceptors (Lipinski definition) is 3. The van der Waals surface area contributed by atoms with E-state index in [-0.39, 0.29) is 12.0 Å². The number of esters is 1. The van der Waals surface area contributed by atoms with E-state index in [1.807, 2.05) is 0 Å². The number of nitrogens with one attached hydrogen (secondary N) is 1.